The summed E-state index contributed by atoms with van der Waals surface area (Å²) < 4.78 is 13.6. The topological polar surface area (TPSA) is 21.7 Å². The van der Waals surface area contributed by atoms with Crippen LogP contribution in [-0.2, 0) is 8.85 Å². The first kappa shape index (κ1) is 22.3. The lowest BCUT2D eigenvalue weighted by molar-refractivity contribution is 0.276. The smallest absolute Gasteiger partial charge is 0.320 e. The third-order valence-electron chi connectivity index (χ3n) is 5.39. The Morgan fingerprint density at radius 2 is 1.27 bits per heavy atom. The molecule has 0 aliphatic rings. The van der Waals surface area contributed by atoms with Gasteiger partial charge in [-0.25, -0.2) is 0 Å². The minimum Gasteiger partial charge on any atom is -0.400 e. The van der Waals surface area contributed by atoms with Gasteiger partial charge in [0, 0.05) is 14.2 Å². The second-order valence-corrected chi connectivity index (χ2v) is 15.9. The molecule has 0 atom stereocenters. The highest BCUT2D eigenvalue weighted by Gasteiger charge is 2.46. The van der Waals surface area contributed by atoms with Crippen LogP contribution in [-0.4, -0.2) is 49.9 Å². The molecule has 0 aromatic rings. The van der Waals surface area contributed by atoms with Crippen LogP contribution < -0.4 is 0 Å². The van der Waals surface area contributed by atoms with Crippen molar-refractivity contribution in [3.8, 4) is 0 Å². The van der Waals surface area contributed by atoms with E-state index in [1.54, 1.807) is 14.2 Å². The van der Waals surface area contributed by atoms with Gasteiger partial charge in [-0.1, -0.05) is 54.4 Å². The first-order chi connectivity index (χ1) is 10.2. The van der Waals surface area contributed by atoms with E-state index in [-0.39, 0.29) is 0 Å². The molecule has 5 heteroatoms. The van der Waals surface area contributed by atoms with Crippen LogP contribution >= 0.6 is 0 Å². The molecule has 3 nitrogen and oxygen atoms in total. The molecule has 0 heterocycles. The summed E-state index contributed by atoms with van der Waals surface area (Å²) in [5.74, 6) is 0. The number of nitrogens with zero attached hydrogens (tertiary/aromatic N) is 1. The van der Waals surface area contributed by atoms with E-state index in [0.717, 1.165) is 22.7 Å². The minimum atomic E-state index is -1.43. The van der Waals surface area contributed by atoms with Crippen LogP contribution in [0.4, 0.5) is 0 Å². The Morgan fingerprint density at radius 1 is 0.818 bits per heavy atom. The predicted octanol–water partition coefficient (Wildman–Crippen LogP) is 4.78. The third-order valence-corrected chi connectivity index (χ3v) is 14.4. The van der Waals surface area contributed by atoms with Gasteiger partial charge in [0.1, 0.15) is 8.24 Å². The average molecular weight is 348 g/mol. The lowest BCUT2D eigenvalue weighted by atomic mass is 10.2. The van der Waals surface area contributed by atoms with Crippen LogP contribution in [0.15, 0.2) is 0 Å². The molecule has 0 radical (unpaired) electrons. The fourth-order valence-electron chi connectivity index (χ4n) is 4.68. The zero-order valence-corrected chi connectivity index (χ0v) is 18.8. The molecule has 0 aromatic heterocycles. The summed E-state index contributed by atoms with van der Waals surface area (Å²) >= 11 is 0. The molecule has 0 amide bonds. The molecule has 0 aromatic carbocycles. The van der Waals surface area contributed by atoms with Crippen molar-refractivity contribution in [1.82, 2.24) is 4.57 Å². The van der Waals surface area contributed by atoms with Crippen molar-refractivity contribution >= 4 is 17.5 Å². The quantitative estimate of drug-likeness (QED) is 0.375. The lowest BCUT2D eigenvalue weighted by Gasteiger charge is -2.49. The van der Waals surface area contributed by atoms with E-state index in [0.29, 0.717) is 0 Å². The Kier molecular flexibility index (Phi) is 11.1. The molecular formula is C17H41NO2Si2. The first-order valence-corrected chi connectivity index (χ1v) is 13.0. The van der Waals surface area contributed by atoms with Gasteiger partial charge in [0.25, 0.3) is 0 Å². The number of hydrogen-bond acceptors (Lipinski definition) is 3. The molecule has 0 unspecified atom stereocenters. The van der Waals surface area contributed by atoms with Gasteiger partial charge in [-0.15, -0.1) is 0 Å². The fourth-order valence-corrected chi connectivity index (χ4v) is 13.2. The van der Waals surface area contributed by atoms with Gasteiger partial charge in [-0.3, -0.25) is 0 Å². The molecule has 0 saturated carbocycles. The highest BCUT2D eigenvalue weighted by molar-refractivity contribution is 6.80. The second-order valence-electron chi connectivity index (χ2n) is 7.52. The van der Waals surface area contributed by atoms with Gasteiger partial charge < -0.3 is 13.4 Å². The molecule has 0 aliphatic carbocycles. The predicted molar refractivity (Wildman–Crippen MR) is 104 cm³/mol. The second kappa shape index (κ2) is 11.0. The molecule has 134 valence electrons. The third kappa shape index (κ3) is 5.75. The summed E-state index contributed by atoms with van der Waals surface area (Å²) in [7, 11) is 3.16. The van der Waals surface area contributed by atoms with E-state index in [1.807, 2.05) is 0 Å². The SMILES string of the molecule is CO[SiH](CCCCCN(C)[Si](C(C)C)(C(C)C)C(C)C)OC. The van der Waals surface area contributed by atoms with Crippen molar-refractivity contribution in [3.63, 3.8) is 0 Å². The van der Waals surface area contributed by atoms with Crippen molar-refractivity contribution in [2.75, 3.05) is 27.8 Å². The molecule has 0 bridgehead atoms. The number of rotatable bonds is 12. The van der Waals surface area contributed by atoms with E-state index >= 15 is 0 Å². The maximum absolute atomic E-state index is 5.39. The maximum Gasteiger partial charge on any atom is 0.320 e. The zero-order chi connectivity index (χ0) is 17.3. The van der Waals surface area contributed by atoms with E-state index in [9.17, 15) is 0 Å². The van der Waals surface area contributed by atoms with Crippen LogP contribution in [0.5, 0.6) is 0 Å². The normalized spacial score (nSPS) is 13.4. The first-order valence-electron chi connectivity index (χ1n) is 9.01. The molecule has 0 fully saturated rings. The Hall–Kier alpha value is 0.314. The number of hydrogen-bond donors (Lipinski definition) is 0. The van der Waals surface area contributed by atoms with Crippen LogP contribution in [0.3, 0.4) is 0 Å². The van der Waals surface area contributed by atoms with Crippen LogP contribution in [0, 0.1) is 0 Å². The summed E-state index contributed by atoms with van der Waals surface area (Å²) in [6, 6.07) is 1.14. The Balaban J connectivity index is 4.45. The Bertz CT molecular complexity index is 260. The fraction of sp³-hybridized carbons (Fsp3) is 1.00. The lowest BCUT2D eigenvalue weighted by Crippen LogP contribution is -2.58. The van der Waals surface area contributed by atoms with Gasteiger partial charge in [-0.05, 0) is 42.7 Å². The van der Waals surface area contributed by atoms with Crippen LogP contribution in [0.25, 0.3) is 0 Å². The van der Waals surface area contributed by atoms with Crippen LogP contribution in [0.1, 0.15) is 60.8 Å². The van der Waals surface area contributed by atoms with Gasteiger partial charge >= 0.3 is 9.28 Å². The van der Waals surface area contributed by atoms with Crippen molar-refractivity contribution in [2.45, 2.75) is 83.5 Å². The maximum atomic E-state index is 5.39. The molecule has 0 rings (SSSR count). The largest absolute Gasteiger partial charge is 0.400 e. The van der Waals surface area contributed by atoms with Gasteiger partial charge in [-0.2, -0.15) is 0 Å². The van der Waals surface area contributed by atoms with E-state index < -0.39 is 17.5 Å². The van der Waals surface area contributed by atoms with Gasteiger partial charge in [0.05, 0.1) is 0 Å². The molecule has 0 N–H and O–H groups in total. The Labute approximate surface area is 142 Å². The highest BCUT2D eigenvalue weighted by atomic mass is 28.3. The summed E-state index contributed by atoms with van der Waals surface area (Å²) in [5.41, 5.74) is 2.41. The minimum absolute atomic E-state index is 0.802. The van der Waals surface area contributed by atoms with Crippen molar-refractivity contribution < 1.29 is 8.85 Å². The molecule has 0 saturated heterocycles. The van der Waals surface area contributed by atoms with Gasteiger partial charge in [0.15, 0.2) is 0 Å². The summed E-state index contributed by atoms with van der Waals surface area (Å²) in [4.78, 5) is 0. The van der Waals surface area contributed by atoms with Gasteiger partial charge in [0.2, 0.25) is 0 Å². The summed E-state index contributed by atoms with van der Waals surface area (Å²) in [6.45, 7) is 15.9. The van der Waals surface area contributed by atoms with E-state index in [1.165, 1.54) is 25.8 Å². The Morgan fingerprint density at radius 3 is 1.64 bits per heavy atom. The van der Waals surface area contributed by atoms with Crippen LogP contribution in [0.2, 0.25) is 22.7 Å². The van der Waals surface area contributed by atoms with Crippen molar-refractivity contribution in [3.05, 3.63) is 0 Å². The zero-order valence-electron chi connectivity index (χ0n) is 16.6. The van der Waals surface area contributed by atoms with E-state index in [2.05, 4.69) is 53.2 Å². The van der Waals surface area contributed by atoms with Crippen molar-refractivity contribution in [2.24, 2.45) is 0 Å². The highest BCUT2D eigenvalue weighted by Crippen LogP contribution is 2.43. The molecule has 22 heavy (non-hydrogen) atoms. The van der Waals surface area contributed by atoms with Crippen molar-refractivity contribution in [1.29, 1.82) is 0 Å². The number of unbranched alkanes of at least 4 members (excludes halogenated alkanes) is 2. The molecular weight excluding hydrogens is 306 g/mol. The monoisotopic (exact) mass is 347 g/mol. The average Bonchev–Trinajstić information content (AvgIpc) is 2.42. The van der Waals surface area contributed by atoms with E-state index in [4.69, 9.17) is 8.85 Å². The molecule has 0 aliphatic heterocycles. The standard InChI is InChI=1S/C17H41NO2Si2/c1-15(2)22(16(3)4,17(5)6)18(7)13-11-10-12-14-21(19-8)20-9/h15-17,21H,10-14H2,1-9H3. The molecule has 0 spiro atoms. The summed E-state index contributed by atoms with van der Waals surface area (Å²) in [6.07, 6.45) is 3.83. The summed E-state index contributed by atoms with van der Waals surface area (Å²) in [5, 5.41) is 0.